The van der Waals surface area contributed by atoms with Crippen molar-refractivity contribution in [2.75, 3.05) is 13.1 Å². The predicted octanol–water partition coefficient (Wildman–Crippen LogP) is -0.364. The lowest BCUT2D eigenvalue weighted by atomic mass is 10.0. The van der Waals surface area contributed by atoms with E-state index in [1.165, 1.54) is 18.7 Å². The van der Waals surface area contributed by atoms with Crippen molar-refractivity contribution >= 4 is 27.6 Å². The molecule has 0 spiro atoms. The molecule has 2 rings (SSSR count). The molecule has 0 aliphatic carbocycles. The van der Waals surface area contributed by atoms with E-state index in [0.717, 1.165) is 4.31 Å². The third-order valence-corrected chi connectivity index (χ3v) is 5.90. The van der Waals surface area contributed by atoms with Crippen molar-refractivity contribution in [2.24, 2.45) is 11.7 Å². The number of rotatable bonds is 7. The number of aromatic nitrogens is 1. The number of Topliss-reactive ketones (excluding diaryl/α,β-unsaturated/α-hetero) is 1. The summed E-state index contributed by atoms with van der Waals surface area (Å²) in [5, 5.41) is 2.47. The fourth-order valence-corrected chi connectivity index (χ4v) is 4.22. The highest BCUT2D eigenvalue weighted by Gasteiger charge is 2.33. The average molecular weight is 395 g/mol. The van der Waals surface area contributed by atoms with Gasteiger partial charge in [-0.25, -0.2) is 13.4 Å². The SMILES string of the molecule is C[C@H]([CH]C(=O)NC1CCCN(S(=O)(=O)c2ccccn2)CC1=O)CC(N)=O. The van der Waals surface area contributed by atoms with Gasteiger partial charge in [-0.2, -0.15) is 4.31 Å². The van der Waals surface area contributed by atoms with Crippen LogP contribution < -0.4 is 11.1 Å². The molecule has 0 saturated carbocycles. The van der Waals surface area contributed by atoms with Gasteiger partial charge in [0.25, 0.3) is 10.0 Å². The van der Waals surface area contributed by atoms with E-state index >= 15 is 0 Å². The number of ketones is 1. The minimum Gasteiger partial charge on any atom is -0.370 e. The number of nitrogens with zero attached hydrogens (tertiary/aromatic N) is 2. The number of hydrogen-bond acceptors (Lipinski definition) is 6. The van der Waals surface area contributed by atoms with Gasteiger partial charge in [0.05, 0.1) is 19.0 Å². The van der Waals surface area contributed by atoms with E-state index in [2.05, 4.69) is 10.3 Å². The number of hydrogen-bond donors (Lipinski definition) is 2. The van der Waals surface area contributed by atoms with Gasteiger partial charge in [0.2, 0.25) is 11.8 Å². The highest BCUT2D eigenvalue weighted by atomic mass is 32.2. The first-order valence-corrected chi connectivity index (χ1v) is 10.0. The van der Waals surface area contributed by atoms with Crippen molar-refractivity contribution < 1.29 is 22.8 Å². The van der Waals surface area contributed by atoms with Crippen LogP contribution >= 0.6 is 0 Å². The number of amides is 2. The number of pyridine rings is 1. The zero-order chi connectivity index (χ0) is 20.0. The van der Waals surface area contributed by atoms with Crippen molar-refractivity contribution in [2.45, 2.75) is 37.3 Å². The number of nitrogens with one attached hydrogen (secondary N) is 1. The first kappa shape index (κ1) is 21.0. The van der Waals surface area contributed by atoms with Crippen molar-refractivity contribution in [3.8, 4) is 0 Å². The number of carbonyl (C=O) groups excluding carboxylic acids is 3. The standard InChI is InChI=1S/C17H23N4O5S/c1-12(9-15(18)23)10-16(24)20-13-5-4-8-21(11-14(13)22)27(25,26)17-6-2-3-7-19-17/h2-3,6-7,10,12-13H,4-5,8-9,11H2,1H3,(H2,18,23)(H,20,24)/t12-,13?/m0/s1. The lowest BCUT2D eigenvalue weighted by Crippen LogP contribution is -2.44. The summed E-state index contributed by atoms with van der Waals surface area (Å²) in [5.74, 6) is -1.75. The van der Waals surface area contributed by atoms with Gasteiger partial charge in [-0.15, -0.1) is 0 Å². The topological polar surface area (TPSA) is 140 Å². The molecule has 27 heavy (non-hydrogen) atoms. The van der Waals surface area contributed by atoms with Gasteiger partial charge >= 0.3 is 0 Å². The zero-order valence-electron chi connectivity index (χ0n) is 15.0. The summed E-state index contributed by atoms with van der Waals surface area (Å²) >= 11 is 0. The van der Waals surface area contributed by atoms with Crippen molar-refractivity contribution in [3.63, 3.8) is 0 Å². The van der Waals surface area contributed by atoms with Gasteiger partial charge in [-0.05, 0) is 30.9 Å². The number of carbonyl (C=O) groups is 3. The van der Waals surface area contributed by atoms with Crippen LogP contribution in [0.3, 0.4) is 0 Å². The second-order valence-corrected chi connectivity index (χ2v) is 8.38. The Morgan fingerprint density at radius 2 is 2.19 bits per heavy atom. The Kier molecular flexibility index (Phi) is 7.03. The fraction of sp³-hybridized carbons (Fsp3) is 0.471. The second-order valence-electron chi connectivity index (χ2n) is 6.49. The maximum absolute atomic E-state index is 12.6. The summed E-state index contributed by atoms with van der Waals surface area (Å²) in [7, 11) is -3.87. The molecule has 1 aliphatic heterocycles. The molecule has 3 N–H and O–H groups in total. The van der Waals surface area contributed by atoms with Crippen LogP contribution in [-0.2, 0) is 24.4 Å². The lowest BCUT2D eigenvalue weighted by molar-refractivity contribution is -0.126. The molecule has 0 bridgehead atoms. The molecule has 9 nitrogen and oxygen atoms in total. The van der Waals surface area contributed by atoms with Crippen LogP contribution in [0.4, 0.5) is 0 Å². The first-order chi connectivity index (χ1) is 12.7. The Labute approximate surface area is 158 Å². The van der Waals surface area contributed by atoms with Crippen LogP contribution in [0.5, 0.6) is 0 Å². The molecule has 10 heteroatoms. The Morgan fingerprint density at radius 1 is 1.44 bits per heavy atom. The fourth-order valence-electron chi connectivity index (χ4n) is 2.84. The van der Waals surface area contributed by atoms with Crippen molar-refractivity contribution in [1.82, 2.24) is 14.6 Å². The predicted molar refractivity (Wildman–Crippen MR) is 96.4 cm³/mol. The molecule has 2 amide bonds. The van der Waals surface area contributed by atoms with E-state index in [9.17, 15) is 22.8 Å². The molecule has 1 aromatic heterocycles. The van der Waals surface area contributed by atoms with Crippen LogP contribution in [-0.4, -0.2) is 54.4 Å². The molecule has 0 aromatic carbocycles. The van der Waals surface area contributed by atoms with Crippen LogP contribution in [0.2, 0.25) is 0 Å². The average Bonchev–Trinajstić information content (AvgIpc) is 2.77. The van der Waals surface area contributed by atoms with Gasteiger partial charge in [-0.1, -0.05) is 13.0 Å². The summed E-state index contributed by atoms with van der Waals surface area (Å²) in [4.78, 5) is 39.2. The molecule has 2 atom stereocenters. The van der Waals surface area contributed by atoms with E-state index in [1.54, 1.807) is 19.1 Å². The molecule has 1 saturated heterocycles. The second kappa shape index (κ2) is 9.05. The maximum Gasteiger partial charge on any atom is 0.260 e. The summed E-state index contributed by atoms with van der Waals surface area (Å²) in [6.45, 7) is 1.50. The number of nitrogens with two attached hydrogens (primary N) is 1. The number of sulfonamides is 1. The van der Waals surface area contributed by atoms with Crippen LogP contribution in [0, 0.1) is 12.3 Å². The van der Waals surface area contributed by atoms with Crippen LogP contribution in [0.1, 0.15) is 26.2 Å². The van der Waals surface area contributed by atoms with Crippen LogP contribution in [0.25, 0.3) is 0 Å². The molecular weight excluding hydrogens is 372 g/mol. The first-order valence-electron chi connectivity index (χ1n) is 8.57. The lowest BCUT2D eigenvalue weighted by Gasteiger charge is -2.19. The molecule has 1 aliphatic rings. The number of primary amides is 1. The van der Waals surface area contributed by atoms with E-state index < -0.39 is 33.7 Å². The molecule has 2 heterocycles. The van der Waals surface area contributed by atoms with Crippen LogP contribution in [0.15, 0.2) is 29.4 Å². The Bertz CT molecular complexity index is 797. The zero-order valence-corrected chi connectivity index (χ0v) is 15.8. The molecule has 1 aromatic rings. The molecule has 1 fully saturated rings. The summed E-state index contributed by atoms with van der Waals surface area (Å²) in [5.41, 5.74) is 5.09. The molecule has 147 valence electrons. The van der Waals surface area contributed by atoms with Gasteiger partial charge in [0.15, 0.2) is 10.8 Å². The summed E-state index contributed by atoms with van der Waals surface area (Å²) in [6.07, 6.45) is 3.45. The van der Waals surface area contributed by atoms with Gasteiger partial charge in [0.1, 0.15) is 0 Å². The van der Waals surface area contributed by atoms with Crippen molar-refractivity contribution in [3.05, 3.63) is 30.8 Å². The molecule has 1 radical (unpaired) electrons. The highest BCUT2D eigenvalue weighted by molar-refractivity contribution is 7.89. The normalized spacial score (nSPS) is 19.9. The maximum atomic E-state index is 12.6. The third kappa shape index (κ3) is 5.83. The minimum atomic E-state index is -3.87. The minimum absolute atomic E-state index is 0.0299. The molecule has 1 unspecified atom stereocenters. The van der Waals surface area contributed by atoms with E-state index in [-0.39, 0.29) is 30.5 Å². The quantitative estimate of drug-likeness (QED) is 0.646. The summed E-state index contributed by atoms with van der Waals surface area (Å²) in [6, 6.07) is 3.76. The van der Waals surface area contributed by atoms with Gasteiger partial charge in [-0.3, -0.25) is 14.4 Å². The monoisotopic (exact) mass is 395 g/mol. The smallest absolute Gasteiger partial charge is 0.260 e. The van der Waals surface area contributed by atoms with Crippen molar-refractivity contribution in [1.29, 1.82) is 0 Å². The summed E-state index contributed by atoms with van der Waals surface area (Å²) < 4.78 is 26.4. The van der Waals surface area contributed by atoms with E-state index in [4.69, 9.17) is 5.73 Å². The largest absolute Gasteiger partial charge is 0.370 e. The Morgan fingerprint density at radius 3 is 2.81 bits per heavy atom. The third-order valence-electron chi connectivity index (χ3n) is 4.14. The molecular formula is C17H23N4O5S. The van der Waals surface area contributed by atoms with E-state index in [1.807, 2.05) is 0 Å². The van der Waals surface area contributed by atoms with Gasteiger partial charge < -0.3 is 11.1 Å². The highest BCUT2D eigenvalue weighted by Crippen LogP contribution is 2.18. The van der Waals surface area contributed by atoms with Gasteiger partial charge in [0, 0.05) is 19.2 Å². The Hall–Kier alpha value is -2.33. The van der Waals surface area contributed by atoms with E-state index in [0.29, 0.717) is 12.8 Å². The Balaban J connectivity index is 2.00.